The molecule has 0 saturated carbocycles. The highest BCUT2D eigenvalue weighted by Crippen LogP contribution is 2.22. The van der Waals surface area contributed by atoms with Crippen LogP contribution in [0.1, 0.15) is 29.1 Å². The molecular weight excluding hydrogens is 330 g/mol. The van der Waals surface area contributed by atoms with Crippen LogP contribution in [0.5, 0.6) is 0 Å². The number of carbonyl (C=O) groups is 2. The Labute approximate surface area is 153 Å². The van der Waals surface area contributed by atoms with E-state index in [4.69, 9.17) is 0 Å². The largest absolute Gasteiger partial charge is 0.345 e. The van der Waals surface area contributed by atoms with Gasteiger partial charge in [-0.1, -0.05) is 6.07 Å². The van der Waals surface area contributed by atoms with Crippen molar-refractivity contribution < 1.29 is 9.59 Å². The fourth-order valence-corrected chi connectivity index (χ4v) is 3.42. The number of pyridine rings is 1. The summed E-state index contributed by atoms with van der Waals surface area (Å²) in [7, 11) is 1.80. The first-order valence-electron chi connectivity index (χ1n) is 8.88. The molecule has 3 heterocycles. The molecule has 1 N–H and O–H groups in total. The van der Waals surface area contributed by atoms with Crippen molar-refractivity contribution in [3.8, 4) is 0 Å². The third kappa shape index (κ3) is 3.92. The summed E-state index contributed by atoms with van der Waals surface area (Å²) >= 11 is 0. The Morgan fingerprint density at radius 1 is 1.38 bits per heavy atom. The molecule has 0 spiro atoms. The minimum Gasteiger partial charge on any atom is -0.345 e. The molecular formula is C19H25N5O2. The second kappa shape index (κ2) is 7.68. The van der Waals surface area contributed by atoms with E-state index in [1.54, 1.807) is 23.0 Å². The lowest BCUT2D eigenvalue weighted by Gasteiger charge is -2.21. The molecule has 2 amide bonds. The van der Waals surface area contributed by atoms with E-state index in [2.05, 4.69) is 15.2 Å². The number of rotatable bonds is 6. The lowest BCUT2D eigenvalue weighted by molar-refractivity contribution is -0.134. The lowest BCUT2D eigenvalue weighted by Crippen LogP contribution is -2.36. The van der Waals surface area contributed by atoms with E-state index in [1.165, 1.54) is 0 Å². The fraction of sp³-hybridized carbons (Fsp3) is 0.474. The Kier molecular flexibility index (Phi) is 5.35. The minimum absolute atomic E-state index is 0.0175. The van der Waals surface area contributed by atoms with E-state index >= 15 is 0 Å². The number of aryl methyl sites for hydroxylation is 2. The Morgan fingerprint density at radius 3 is 2.85 bits per heavy atom. The predicted molar refractivity (Wildman–Crippen MR) is 97.2 cm³/mol. The molecule has 3 rings (SSSR count). The van der Waals surface area contributed by atoms with Gasteiger partial charge in [-0.05, 0) is 38.0 Å². The monoisotopic (exact) mass is 355 g/mol. The summed E-state index contributed by atoms with van der Waals surface area (Å²) < 4.78 is 0. The Hall–Kier alpha value is -2.70. The summed E-state index contributed by atoms with van der Waals surface area (Å²) in [6.07, 6.45) is 2.75. The van der Waals surface area contributed by atoms with Crippen LogP contribution in [0.25, 0.3) is 0 Å². The van der Waals surface area contributed by atoms with E-state index in [0.717, 1.165) is 29.1 Å². The summed E-state index contributed by atoms with van der Waals surface area (Å²) in [4.78, 5) is 32.7. The highest BCUT2D eigenvalue weighted by molar-refractivity contribution is 5.89. The van der Waals surface area contributed by atoms with Gasteiger partial charge < -0.3 is 9.80 Å². The van der Waals surface area contributed by atoms with E-state index in [9.17, 15) is 9.59 Å². The minimum atomic E-state index is -0.275. The molecule has 7 heteroatoms. The first-order chi connectivity index (χ1) is 12.5. The molecule has 0 aromatic carbocycles. The third-order valence-electron chi connectivity index (χ3n) is 5.00. The Morgan fingerprint density at radius 2 is 2.19 bits per heavy atom. The maximum atomic E-state index is 12.7. The molecule has 138 valence electrons. The van der Waals surface area contributed by atoms with Crippen LogP contribution in [0.4, 0.5) is 0 Å². The van der Waals surface area contributed by atoms with E-state index < -0.39 is 0 Å². The number of nitrogens with one attached hydrogen (secondary N) is 1. The zero-order valence-electron chi connectivity index (χ0n) is 15.5. The average molecular weight is 355 g/mol. The summed E-state index contributed by atoms with van der Waals surface area (Å²) in [5.41, 5.74) is 4.01. The molecule has 1 atom stereocenters. The fourth-order valence-electron chi connectivity index (χ4n) is 3.42. The van der Waals surface area contributed by atoms with Gasteiger partial charge in [0.05, 0.1) is 23.9 Å². The number of carbonyl (C=O) groups excluding carboxylic acids is 2. The van der Waals surface area contributed by atoms with Gasteiger partial charge in [0.1, 0.15) is 0 Å². The number of nitrogens with zero attached hydrogens (tertiary/aromatic N) is 4. The number of amides is 2. The van der Waals surface area contributed by atoms with Crippen molar-refractivity contribution in [2.24, 2.45) is 5.92 Å². The van der Waals surface area contributed by atoms with Gasteiger partial charge in [-0.15, -0.1) is 0 Å². The molecule has 0 bridgehead atoms. The number of likely N-dealkylation sites (N-methyl/N-ethyl adjacent to an activating group) is 1. The van der Waals surface area contributed by atoms with Crippen molar-refractivity contribution in [1.29, 1.82) is 0 Å². The highest BCUT2D eigenvalue weighted by Gasteiger charge is 2.35. The van der Waals surface area contributed by atoms with Crippen LogP contribution in [-0.4, -0.2) is 56.9 Å². The van der Waals surface area contributed by atoms with Crippen molar-refractivity contribution in [1.82, 2.24) is 25.0 Å². The molecule has 26 heavy (non-hydrogen) atoms. The van der Waals surface area contributed by atoms with Crippen LogP contribution >= 0.6 is 0 Å². The number of hydrogen-bond acceptors (Lipinski definition) is 4. The summed E-state index contributed by atoms with van der Waals surface area (Å²) in [6.45, 7) is 5.49. The van der Waals surface area contributed by atoms with Crippen LogP contribution in [0.3, 0.4) is 0 Å². The second-order valence-corrected chi connectivity index (χ2v) is 6.92. The molecule has 0 aliphatic carbocycles. The Balaban J connectivity index is 1.55. The van der Waals surface area contributed by atoms with Crippen molar-refractivity contribution in [3.05, 3.63) is 47.0 Å². The van der Waals surface area contributed by atoms with Gasteiger partial charge in [0.2, 0.25) is 11.8 Å². The SMILES string of the molecule is Cc1n[nH]c(C)c1CCN(C)C(=O)[C@H]1CC(=O)N(Cc2ccccn2)C1. The average Bonchev–Trinajstić information content (AvgIpc) is 3.15. The molecule has 2 aromatic rings. The molecule has 1 aliphatic heterocycles. The number of hydrogen-bond donors (Lipinski definition) is 1. The van der Waals surface area contributed by atoms with Crippen LogP contribution in [0.2, 0.25) is 0 Å². The van der Waals surface area contributed by atoms with Crippen molar-refractivity contribution >= 4 is 11.8 Å². The number of H-pyrrole nitrogens is 1. The lowest BCUT2D eigenvalue weighted by atomic mass is 10.1. The van der Waals surface area contributed by atoms with Gasteiger partial charge in [-0.3, -0.25) is 19.7 Å². The summed E-state index contributed by atoms with van der Waals surface area (Å²) in [6, 6.07) is 5.64. The maximum absolute atomic E-state index is 12.7. The molecule has 1 fully saturated rings. The van der Waals surface area contributed by atoms with Crippen LogP contribution < -0.4 is 0 Å². The Bertz CT molecular complexity index is 767. The topological polar surface area (TPSA) is 82.2 Å². The summed E-state index contributed by atoms with van der Waals surface area (Å²) in [5.74, 6) is -0.229. The third-order valence-corrected chi connectivity index (χ3v) is 5.00. The number of aromatic amines is 1. The van der Waals surface area contributed by atoms with Gasteiger partial charge in [-0.2, -0.15) is 5.10 Å². The number of aromatic nitrogens is 3. The van der Waals surface area contributed by atoms with Gasteiger partial charge in [0, 0.05) is 38.4 Å². The zero-order valence-corrected chi connectivity index (χ0v) is 15.5. The first-order valence-corrected chi connectivity index (χ1v) is 8.88. The van der Waals surface area contributed by atoms with E-state index in [1.807, 2.05) is 32.0 Å². The van der Waals surface area contributed by atoms with Crippen LogP contribution in [-0.2, 0) is 22.6 Å². The molecule has 2 aromatic heterocycles. The van der Waals surface area contributed by atoms with Gasteiger partial charge >= 0.3 is 0 Å². The van der Waals surface area contributed by atoms with Crippen molar-refractivity contribution in [3.63, 3.8) is 0 Å². The van der Waals surface area contributed by atoms with Gasteiger partial charge in [0.25, 0.3) is 0 Å². The van der Waals surface area contributed by atoms with Gasteiger partial charge in [-0.25, -0.2) is 0 Å². The normalized spacial score (nSPS) is 17.0. The molecule has 1 saturated heterocycles. The number of likely N-dealkylation sites (tertiary alicyclic amines) is 1. The predicted octanol–water partition coefficient (Wildman–Crippen LogP) is 1.47. The smallest absolute Gasteiger partial charge is 0.227 e. The van der Waals surface area contributed by atoms with Gasteiger partial charge in [0.15, 0.2) is 0 Å². The van der Waals surface area contributed by atoms with Crippen LogP contribution in [0.15, 0.2) is 24.4 Å². The standard InChI is InChI=1S/C19H25N5O2/c1-13-17(14(2)22-21-13)7-9-23(3)19(26)15-10-18(25)24(11-15)12-16-6-4-5-8-20-16/h4-6,8,15H,7,9-12H2,1-3H3,(H,21,22)/t15-/m0/s1. The molecule has 1 aliphatic rings. The van der Waals surface area contributed by atoms with E-state index in [0.29, 0.717) is 19.6 Å². The second-order valence-electron chi connectivity index (χ2n) is 6.92. The van der Waals surface area contributed by atoms with Crippen LogP contribution in [0, 0.1) is 19.8 Å². The van der Waals surface area contributed by atoms with Crippen molar-refractivity contribution in [2.75, 3.05) is 20.1 Å². The quantitative estimate of drug-likeness (QED) is 0.851. The molecule has 0 radical (unpaired) electrons. The zero-order chi connectivity index (χ0) is 18.7. The molecule has 0 unspecified atom stereocenters. The maximum Gasteiger partial charge on any atom is 0.227 e. The highest BCUT2D eigenvalue weighted by atomic mass is 16.2. The van der Waals surface area contributed by atoms with E-state index in [-0.39, 0.29) is 24.2 Å². The summed E-state index contributed by atoms with van der Waals surface area (Å²) in [5, 5.41) is 7.16. The first kappa shape index (κ1) is 18.1. The van der Waals surface area contributed by atoms with Crippen molar-refractivity contribution in [2.45, 2.75) is 33.2 Å². The molecule has 7 nitrogen and oxygen atoms in total.